The van der Waals surface area contributed by atoms with Crippen LogP contribution >= 0.6 is 15.9 Å². The maximum Gasteiger partial charge on any atom is 0.0641 e. The van der Waals surface area contributed by atoms with E-state index in [2.05, 4.69) is 58.9 Å². The van der Waals surface area contributed by atoms with E-state index in [-0.39, 0.29) is 0 Å². The van der Waals surface area contributed by atoms with Crippen LogP contribution in [-0.4, -0.2) is 26.3 Å². The van der Waals surface area contributed by atoms with Crippen molar-refractivity contribution < 1.29 is 4.74 Å². The average Bonchev–Trinajstić information content (AvgIpc) is 2.31. The van der Waals surface area contributed by atoms with Crippen LogP contribution in [0, 0.1) is 0 Å². The first-order chi connectivity index (χ1) is 7.77. The van der Waals surface area contributed by atoms with Crippen molar-refractivity contribution in [2.45, 2.75) is 20.3 Å². The van der Waals surface area contributed by atoms with E-state index in [1.807, 2.05) is 0 Å². The lowest BCUT2D eigenvalue weighted by atomic mass is 10.3. The maximum atomic E-state index is 5.51. The highest BCUT2D eigenvalue weighted by Gasteiger charge is 2.03. The minimum atomic E-state index is 0.803. The van der Waals surface area contributed by atoms with Crippen LogP contribution < -0.4 is 4.90 Å². The molecule has 1 rings (SSSR count). The van der Waals surface area contributed by atoms with Gasteiger partial charge >= 0.3 is 0 Å². The van der Waals surface area contributed by atoms with Crippen LogP contribution in [0.3, 0.4) is 0 Å². The molecule has 0 radical (unpaired) electrons. The van der Waals surface area contributed by atoms with Gasteiger partial charge in [0.1, 0.15) is 0 Å². The predicted octanol–water partition coefficient (Wildman–Crippen LogP) is 3.70. The molecule has 0 aromatic heterocycles. The third-order valence-electron chi connectivity index (χ3n) is 2.43. The van der Waals surface area contributed by atoms with Crippen LogP contribution in [0.5, 0.6) is 0 Å². The number of hydrogen-bond donors (Lipinski definition) is 0. The summed E-state index contributed by atoms with van der Waals surface area (Å²) in [7, 11) is 0. The van der Waals surface area contributed by atoms with Gasteiger partial charge in [0.05, 0.1) is 6.61 Å². The summed E-state index contributed by atoms with van der Waals surface area (Å²) >= 11 is 3.45. The van der Waals surface area contributed by atoms with Crippen LogP contribution in [0.1, 0.15) is 20.3 Å². The molecule has 0 heterocycles. The quantitative estimate of drug-likeness (QED) is 0.709. The van der Waals surface area contributed by atoms with Crippen molar-refractivity contribution in [3.63, 3.8) is 0 Å². The number of likely N-dealkylation sites (N-methyl/N-ethyl adjacent to an activating group) is 1. The van der Waals surface area contributed by atoms with Crippen molar-refractivity contribution in [2.75, 3.05) is 31.2 Å². The van der Waals surface area contributed by atoms with E-state index in [0.29, 0.717) is 0 Å². The monoisotopic (exact) mass is 285 g/mol. The minimum Gasteiger partial charge on any atom is -0.380 e. The van der Waals surface area contributed by atoms with E-state index >= 15 is 0 Å². The van der Waals surface area contributed by atoms with Gasteiger partial charge < -0.3 is 9.64 Å². The van der Waals surface area contributed by atoms with Gasteiger partial charge in [-0.25, -0.2) is 0 Å². The van der Waals surface area contributed by atoms with Gasteiger partial charge in [0.2, 0.25) is 0 Å². The number of hydrogen-bond acceptors (Lipinski definition) is 2. The molecule has 0 unspecified atom stereocenters. The first-order valence-electron chi connectivity index (χ1n) is 5.86. The van der Waals surface area contributed by atoms with Crippen molar-refractivity contribution in [1.82, 2.24) is 0 Å². The summed E-state index contributed by atoms with van der Waals surface area (Å²) in [4.78, 5) is 2.32. The summed E-state index contributed by atoms with van der Waals surface area (Å²) in [5, 5.41) is 0. The first-order valence-corrected chi connectivity index (χ1v) is 6.65. The molecule has 90 valence electrons. The Balaban J connectivity index is 2.44. The number of rotatable bonds is 7. The number of nitrogens with zero attached hydrogens (tertiary/aromatic N) is 1. The number of ether oxygens (including phenoxy) is 1. The number of benzene rings is 1. The molecule has 0 saturated carbocycles. The van der Waals surface area contributed by atoms with E-state index in [9.17, 15) is 0 Å². The highest BCUT2D eigenvalue weighted by atomic mass is 79.9. The van der Waals surface area contributed by atoms with Gasteiger partial charge in [-0.05, 0) is 37.6 Å². The van der Waals surface area contributed by atoms with E-state index in [1.165, 1.54) is 5.69 Å². The Kier molecular flexibility index (Phi) is 6.50. The molecule has 0 bridgehead atoms. The zero-order valence-corrected chi connectivity index (χ0v) is 11.7. The fraction of sp³-hybridized carbons (Fsp3) is 0.538. The van der Waals surface area contributed by atoms with Crippen LogP contribution in [-0.2, 0) is 4.74 Å². The van der Waals surface area contributed by atoms with E-state index in [0.717, 1.165) is 37.2 Å². The van der Waals surface area contributed by atoms with Gasteiger partial charge in [-0.2, -0.15) is 0 Å². The second-order valence-electron chi connectivity index (χ2n) is 3.67. The molecule has 0 spiro atoms. The molecule has 0 aliphatic heterocycles. The zero-order valence-electron chi connectivity index (χ0n) is 10.1. The highest BCUT2D eigenvalue weighted by molar-refractivity contribution is 9.10. The van der Waals surface area contributed by atoms with Gasteiger partial charge in [0.25, 0.3) is 0 Å². The molecule has 0 fully saturated rings. The fourth-order valence-corrected chi connectivity index (χ4v) is 1.81. The third-order valence-corrected chi connectivity index (χ3v) is 2.96. The fourth-order valence-electron chi connectivity index (χ4n) is 1.54. The topological polar surface area (TPSA) is 12.5 Å². The molecule has 0 atom stereocenters. The molecule has 0 aliphatic carbocycles. The van der Waals surface area contributed by atoms with Crippen molar-refractivity contribution in [3.05, 3.63) is 28.7 Å². The van der Waals surface area contributed by atoms with E-state index in [4.69, 9.17) is 4.74 Å². The lowest BCUT2D eigenvalue weighted by Gasteiger charge is -2.23. The van der Waals surface area contributed by atoms with Crippen molar-refractivity contribution in [3.8, 4) is 0 Å². The van der Waals surface area contributed by atoms with Crippen LogP contribution in [0.25, 0.3) is 0 Å². The van der Waals surface area contributed by atoms with Crippen molar-refractivity contribution >= 4 is 21.6 Å². The Morgan fingerprint density at radius 1 is 1.12 bits per heavy atom. The molecule has 0 amide bonds. The van der Waals surface area contributed by atoms with E-state index < -0.39 is 0 Å². The lowest BCUT2D eigenvalue weighted by Crippen LogP contribution is -2.27. The molecular weight excluding hydrogens is 266 g/mol. The molecule has 2 nitrogen and oxygen atoms in total. The molecule has 3 heteroatoms. The normalized spacial score (nSPS) is 10.4. The summed E-state index contributed by atoms with van der Waals surface area (Å²) in [6.07, 6.45) is 1.09. The Hall–Kier alpha value is -0.540. The first kappa shape index (κ1) is 13.5. The molecular formula is C13H20BrNO. The largest absolute Gasteiger partial charge is 0.380 e. The smallest absolute Gasteiger partial charge is 0.0641 e. The SMILES string of the molecule is CCCOCCN(CC)c1ccc(Br)cc1. The Morgan fingerprint density at radius 2 is 1.81 bits per heavy atom. The number of anilines is 1. The van der Waals surface area contributed by atoms with Gasteiger partial charge in [0, 0.05) is 29.9 Å². The Bertz CT molecular complexity index is 286. The van der Waals surface area contributed by atoms with Crippen LogP contribution in [0.2, 0.25) is 0 Å². The van der Waals surface area contributed by atoms with Crippen molar-refractivity contribution in [2.24, 2.45) is 0 Å². The summed E-state index contributed by atoms with van der Waals surface area (Å²) in [5.41, 5.74) is 1.26. The second kappa shape index (κ2) is 7.69. The summed E-state index contributed by atoms with van der Waals surface area (Å²) in [5.74, 6) is 0. The maximum absolute atomic E-state index is 5.51. The van der Waals surface area contributed by atoms with Gasteiger partial charge in [-0.15, -0.1) is 0 Å². The number of halogens is 1. The standard InChI is InChI=1S/C13H20BrNO/c1-3-10-16-11-9-15(4-2)13-7-5-12(14)6-8-13/h5-8H,3-4,9-11H2,1-2H3. The van der Waals surface area contributed by atoms with Crippen LogP contribution in [0.15, 0.2) is 28.7 Å². The zero-order chi connectivity index (χ0) is 11.8. The molecule has 1 aromatic carbocycles. The summed E-state index contributed by atoms with van der Waals surface area (Å²) in [6.45, 7) is 7.93. The van der Waals surface area contributed by atoms with Crippen molar-refractivity contribution in [1.29, 1.82) is 0 Å². The van der Waals surface area contributed by atoms with Gasteiger partial charge in [-0.1, -0.05) is 22.9 Å². The average molecular weight is 286 g/mol. The molecule has 0 N–H and O–H groups in total. The minimum absolute atomic E-state index is 0.803. The molecule has 0 aliphatic rings. The highest BCUT2D eigenvalue weighted by Crippen LogP contribution is 2.17. The molecule has 1 aromatic rings. The van der Waals surface area contributed by atoms with Gasteiger partial charge in [0.15, 0.2) is 0 Å². The van der Waals surface area contributed by atoms with Crippen LogP contribution in [0.4, 0.5) is 5.69 Å². The summed E-state index contributed by atoms with van der Waals surface area (Å²) in [6, 6.07) is 8.41. The molecule has 0 saturated heterocycles. The third kappa shape index (κ3) is 4.54. The summed E-state index contributed by atoms with van der Waals surface area (Å²) < 4.78 is 6.63. The van der Waals surface area contributed by atoms with E-state index in [1.54, 1.807) is 0 Å². The lowest BCUT2D eigenvalue weighted by molar-refractivity contribution is 0.141. The Labute approximate surface area is 107 Å². The predicted molar refractivity (Wildman–Crippen MR) is 73.1 cm³/mol. The molecule has 16 heavy (non-hydrogen) atoms. The second-order valence-corrected chi connectivity index (χ2v) is 4.58. The van der Waals surface area contributed by atoms with Gasteiger partial charge in [-0.3, -0.25) is 0 Å². The Morgan fingerprint density at radius 3 is 2.38 bits per heavy atom.